The third kappa shape index (κ3) is 5.06. The molecule has 0 spiro atoms. The molecule has 4 aromatic rings. The quantitative estimate of drug-likeness (QED) is 0.283. The second-order valence-electron chi connectivity index (χ2n) is 8.68. The van der Waals surface area contributed by atoms with Crippen molar-refractivity contribution in [3.63, 3.8) is 0 Å². The van der Waals surface area contributed by atoms with Gasteiger partial charge in [-0.05, 0) is 61.0 Å². The standard InChI is InChI=1S/C30H28N2O6/c1-3-36-30(34)24-11-5-7-13-27(24)38-19-21-17-20(14-15-26(21)35-2)28-31-25-12-6-4-10-23(25)29(33)32(28)18-22-9-8-16-37-22/h4-17,28,31H,3,18-19H2,1-2H3. The maximum Gasteiger partial charge on any atom is 0.341 e. The van der Waals surface area contributed by atoms with E-state index in [1.54, 1.807) is 55.5 Å². The molecule has 0 saturated carbocycles. The highest BCUT2D eigenvalue weighted by Gasteiger charge is 2.33. The number of fused-ring (bicyclic) bond motifs is 1. The number of furan rings is 1. The van der Waals surface area contributed by atoms with E-state index in [4.69, 9.17) is 18.6 Å². The van der Waals surface area contributed by atoms with Gasteiger partial charge in [-0.1, -0.05) is 30.3 Å². The third-order valence-electron chi connectivity index (χ3n) is 6.31. The molecule has 1 atom stereocenters. The summed E-state index contributed by atoms with van der Waals surface area (Å²) in [5, 5.41) is 3.50. The molecule has 1 aliphatic rings. The van der Waals surface area contributed by atoms with E-state index in [1.807, 2.05) is 48.5 Å². The molecule has 1 amide bonds. The number of esters is 1. The number of anilines is 1. The molecule has 38 heavy (non-hydrogen) atoms. The molecular formula is C30H28N2O6. The van der Waals surface area contributed by atoms with Crippen molar-refractivity contribution in [2.75, 3.05) is 19.0 Å². The predicted octanol–water partition coefficient (Wildman–Crippen LogP) is 5.81. The number of carbonyl (C=O) groups excluding carboxylic acids is 2. The molecule has 8 heteroatoms. The van der Waals surface area contributed by atoms with Gasteiger partial charge in [0.15, 0.2) is 0 Å². The Bertz CT molecular complexity index is 1430. The second-order valence-corrected chi connectivity index (χ2v) is 8.68. The smallest absolute Gasteiger partial charge is 0.341 e. The van der Waals surface area contributed by atoms with Crippen LogP contribution in [0.5, 0.6) is 11.5 Å². The van der Waals surface area contributed by atoms with Crippen LogP contribution in [0.2, 0.25) is 0 Å². The Morgan fingerprint density at radius 3 is 2.61 bits per heavy atom. The second kappa shape index (κ2) is 11.1. The molecule has 194 valence electrons. The normalized spacial score (nSPS) is 14.4. The van der Waals surface area contributed by atoms with E-state index >= 15 is 0 Å². The first-order valence-electron chi connectivity index (χ1n) is 12.3. The van der Waals surface area contributed by atoms with Gasteiger partial charge in [0.25, 0.3) is 5.91 Å². The average molecular weight is 513 g/mol. The summed E-state index contributed by atoms with van der Waals surface area (Å²) in [7, 11) is 1.59. The van der Waals surface area contributed by atoms with Gasteiger partial charge in [-0.15, -0.1) is 0 Å². The molecule has 8 nitrogen and oxygen atoms in total. The Balaban J connectivity index is 1.46. The summed E-state index contributed by atoms with van der Waals surface area (Å²) in [5.74, 6) is 1.18. The summed E-state index contributed by atoms with van der Waals surface area (Å²) in [5.41, 5.74) is 3.32. The Morgan fingerprint density at radius 1 is 1.00 bits per heavy atom. The van der Waals surface area contributed by atoms with Gasteiger partial charge in [0.2, 0.25) is 0 Å². The fourth-order valence-corrected chi connectivity index (χ4v) is 4.50. The number of carbonyl (C=O) groups is 2. The number of rotatable bonds is 9. The molecule has 1 aromatic heterocycles. The van der Waals surface area contributed by atoms with Crippen LogP contribution in [-0.4, -0.2) is 30.5 Å². The van der Waals surface area contributed by atoms with Crippen LogP contribution >= 0.6 is 0 Å². The Morgan fingerprint density at radius 2 is 1.82 bits per heavy atom. The lowest BCUT2D eigenvalue weighted by molar-refractivity contribution is 0.0521. The van der Waals surface area contributed by atoms with Crippen LogP contribution in [0.3, 0.4) is 0 Å². The van der Waals surface area contributed by atoms with E-state index in [9.17, 15) is 9.59 Å². The summed E-state index contributed by atoms with van der Waals surface area (Å²) in [4.78, 5) is 27.7. The topological polar surface area (TPSA) is 90.2 Å². The van der Waals surface area contributed by atoms with Crippen molar-refractivity contribution >= 4 is 17.6 Å². The number of nitrogens with one attached hydrogen (secondary N) is 1. The van der Waals surface area contributed by atoms with E-state index in [1.165, 1.54) is 0 Å². The average Bonchev–Trinajstić information content (AvgIpc) is 3.47. The van der Waals surface area contributed by atoms with Crippen molar-refractivity contribution in [2.24, 2.45) is 0 Å². The van der Waals surface area contributed by atoms with Gasteiger partial charge in [-0.3, -0.25) is 4.79 Å². The van der Waals surface area contributed by atoms with Crippen molar-refractivity contribution in [1.82, 2.24) is 4.90 Å². The minimum absolute atomic E-state index is 0.0993. The predicted molar refractivity (Wildman–Crippen MR) is 141 cm³/mol. The molecule has 0 fully saturated rings. The van der Waals surface area contributed by atoms with Gasteiger partial charge >= 0.3 is 5.97 Å². The van der Waals surface area contributed by atoms with Crippen LogP contribution in [-0.2, 0) is 17.9 Å². The highest BCUT2D eigenvalue weighted by Crippen LogP contribution is 2.36. The zero-order valence-electron chi connectivity index (χ0n) is 21.2. The first-order chi connectivity index (χ1) is 18.6. The Kier molecular flexibility index (Phi) is 7.31. The highest BCUT2D eigenvalue weighted by molar-refractivity contribution is 6.01. The van der Waals surface area contributed by atoms with E-state index < -0.39 is 12.1 Å². The van der Waals surface area contributed by atoms with Gasteiger partial charge < -0.3 is 28.8 Å². The van der Waals surface area contributed by atoms with Crippen LogP contribution in [0.25, 0.3) is 0 Å². The SMILES string of the molecule is CCOC(=O)c1ccccc1OCc1cc(C2Nc3ccccc3C(=O)N2Cc2ccco2)ccc1OC. The minimum Gasteiger partial charge on any atom is -0.496 e. The molecule has 5 rings (SSSR count). The maximum absolute atomic E-state index is 13.6. The summed E-state index contributed by atoms with van der Waals surface area (Å²) in [6.45, 7) is 2.47. The first kappa shape index (κ1) is 25.0. The molecule has 1 aliphatic heterocycles. The third-order valence-corrected chi connectivity index (χ3v) is 6.31. The van der Waals surface area contributed by atoms with Crippen molar-refractivity contribution in [2.45, 2.75) is 26.2 Å². The molecule has 2 heterocycles. The monoisotopic (exact) mass is 512 g/mol. The molecule has 0 bridgehead atoms. The van der Waals surface area contributed by atoms with Crippen molar-refractivity contribution in [3.05, 3.63) is 113 Å². The Hall–Kier alpha value is -4.72. The first-order valence-corrected chi connectivity index (χ1v) is 12.3. The summed E-state index contributed by atoms with van der Waals surface area (Å²) >= 11 is 0. The van der Waals surface area contributed by atoms with Crippen molar-refractivity contribution < 1.29 is 28.2 Å². The van der Waals surface area contributed by atoms with Crippen LogP contribution < -0.4 is 14.8 Å². The molecular weight excluding hydrogens is 484 g/mol. The van der Waals surface area contributed by atoms with Gasteiger partial charge in [-0.2, -0.15) is 0 Å². The number of para-hydroxylation sites is 2. The number of ether oxygens (including phenoxy) is 3. The molecule has 1 N–H and O–H groups in total. The zero-order valence-corrected chi connectivity index (χ0v) is 21.2. The van der Waals surface area contributed by atoms with Crippen LogP contribution in [0.4, 0.5) is 5.69 Å². The lowest BCUT2D eigenvalue weighted by Gasteiger charge is -2.38. The van der Waals surface area contributed by atoms with Gasteiger partial charge in [0.05, 0.1) is 32.1 Å². The van der Waals surface area contributed by atoms with Gasteiger partial charge in [0, 0.05) is 11.3 Å². The van der Waals surface area contributed by atoms with E-state index in [0.29, 0.717) is 34.9 Å². The number of nitrogens with zero attached hydrogens (tertiary/aromatic N) is 1. The lowest BCUT2D eigenvalue weighted by atomic mass is 10.0. The molecule has 0 saturated heterocycles. The summed E-state index contributed by atoms with van der Waals surface area (Å²) < 4.78 is 22.4. The number of hydrogen-bond acceptors (Lipinski definition) is 7. The largest absolute Gasteiger partial charge is 0.496 e. The van der Waals surface area contributed by atoms with Crippen LogP contribution in [0, 0.1) is 0 Å². The van der Waals surface area contributed by atoms with E-state index in [0.717, 1.165) is 16.8 Å². The lowest BCUT2D eigenvalue weighted by Crippen LogP contribution is -2.42. The van der Waals surface area contributed by atoms with Crippen LogP contribution in [0.1, 0.15) is 50.7 Å². The van der Waals surface area contributed by atoms with Crippen molar-refractivity contribution in [3.8, 4) is 11.5 Å². The molecule has 0 radical (unpaired) electrons. The fraction of sp³-hybridized carbons (Fsp3) is 0.200. The van der Waals surface area contributed by atoms with Gasteiger partial charge in [-0.25, -0.2) is 4.79 Å². The molecule has 1 unspecified atom stereocenters. The van der Waals surface area contributed by atoms with Crippen molar-refractivity contribution in [1.29, 1.82) is 0 Å². The number of amides is 1. The van der Waals surface area contributed by atoms with Gasteiger partial charge in [0.1, 0.15) is 35.6 Å². The van der Waals surface area contributed by atoms with E-state index in [-0.39, 0.29) is 19.1 Å². The number of methoxy groups -OCH3 is 1. The van der Waals surface area contributed by atoms with Crippen LogP contribution in [0.15, 0.2) is 89.5 Å². The summed E-state index contributed by atoms with van der Waals surface area (Å²) in [6, 6.07) is 23.8. The number of benzene rings is 3. The minimum atomic E-state index is -0.459. The molecule has 0 aliphatic carbocycles. The maximum atomic E-state index is 13.6. The zero-order chi connectivity index (χ0) is 26.5. The van der Waals surface area contributed by atoms with E-state index in [2.05, 4.69) is 5.32 Å². The fourth-order valence-electron chi connectivity index (χ4n) is 4.50. The number of hydrogen-bond donors (Lipinski definition) is 1. The summed E-state index contributed by atoms with van der Waals surface area (Å²) in [6.07, 6.45) is 1.14. The highest BCUT2D eigenvalue weighted by atomic mass is 16.5. The molecule has 3 aromatic carbocycles. The Labute approximate surface area is 220 Å².